The first kappa shape index (κ1) is 18.1. The number of carbonyl (C=O) groups excluding carboxylic acids is 2. The second-order valence-corrected chi connectivity index (χ2v) is 5.53. The summed E-state index contributed by atoms with van der Waals surface area (Å²) in [5.74, 6) is 0.469. The summed E-state index contributed by atoms with van der Waals surface area (Å²) in [6.07, 6.45) is 1.42. The molecule has 2 amide bonds. The van der Waals surface area contributed by atoms with E-state index in [-0.39, 0.29) is 17.6 Å². The topological polar surface area (TPSA) is 89.8 Å². The minimum Gasteiger partial charge on any atom is -0.497 e. The summed E-state index contributed by atoms with van der Waals surface area (Å²) in [5.41, 5.74) is 1.41. The van der Waals surface area contributed by atoms with Crippen molar-refractivity contribution in [2.24, 2.45) is 0 Å². The normalized spacial score (nSPS) is 10.1. The van der Waals surface area contributed by atoms with Gasteiger partial charge in [0.2, 0.25) is 0 Å². The van der Waals surface area contributed by atoms with Gasteiger partial charge in [0.05, 0.1) is 26.0 Å². The molecule has 0 aliphatic rings. The molecule has 1 heterocycles. The third-order valence-corrected chi connectivity index (χ3v) is 3.78. The number of ether oxygens (including phenoxy) is 2. The van der Waals surface area contributed by atoms with E-state index in [0.717, 1.165) is 0 Å². The number of amides is 2. The van der Waals surface area contributed by atoms with Crippen LogP contribution in [0.3, 0.4) is 0 Å². The SMILES string of the molecule is COc1ccc(C(=O)Nc2cccc(NC(=O)c3ccco3)c2)c(OC)c1. The number of anilines is 2. The van der Waals surface area contributed by atoms with E-state index in [1.807, 2.05) is 0 Å². The molecule has 7 nitrogen and oxygen atoms in total. The quantitative estimate of drug-likeness (QED) is 0.692. The van der Waals surface area contributed by atoms with E-state index < -0.39 is 0 Å². The van der Waals surface area contributed by atoms with Crippen LogP contribution in [0.1, 0.15) is 20.9 Å². The molecule has 2 N–H and O–H groups in total. The van der Waals surface area contributed by atoms with Crippen molar-refractivity contribution >= 4 is 23.2 Å². The van der Waals surface area contributed by atoms with E-state index in [1.165, 1.54) is 20.5 Å². The average Bonchev–Trinajstić information content (AvgIpc) is 3.22. The van der Waals surface area contributed by atoms with Crippen LogP contribution in [0.5, 0.6) is 11.5 Å². The Kier molecular flexibility index (Phi) is 5.41. The number of methoxy groups -OCH3 is 2. The fourth-order valence-electron chi connectivity index (χ4n) is 2.46. The Hall–Kier alpha value is -3.74. The van der Waals surface area contributed by atoms with Gasteiger partial charge in [-0.15, -0.1) is 0 Å². The van der Waals surface area contributed by atoms with Crippen LogP contribution in [0.15, 0.2) is 65.3 Å². The summed E-state index contributed by atoms with van der Waals surface area (Å²) in [6.45, 7) is 0. The maximum Gasteiger partial charge on any atom is 0.291 e. The molecule has 0 aliphatic heterocycles. The van der Waals surface area contributed by atoms with Crippen molar-refractivity contribution in [3.63, 3.8) is 0 Å². The minimum atomic E-state index is -0.375. The van der Waals surface area contributed by atoms with Crippen LogP contribution in [0.25, 0.3) is 0 Å². The zero-order valence-electron chi connectivity index (χ0n) is 14.8. The van der Waals surface area contributed by atoms with E-state index in [1.54, 1.807) is 54.6 Å². The Bertz CT molecular complexity index is 951. The molecular weight excluding hydrogens is 348 g/mol. The first-order valence-corrected chi connectivity index (χ1v) is 8.09. The molecule has 0 radical (unpaired) electrons. The molecule has 0 saturated carbocycles. The maximum atomic E-state index is 12.6. The van der Waals surface area contributed by atoms with Crippen molar-refractivity contribution in [2.45, 2.75) is 0 Å². The fourth-order valence-corrected chi connectivity index (χ4v) is 2.46. The van der Waals surface area contributed by atoms with Crippen LogP contribution in [0, 0.1) is 0 Å². The zero-order chi connectivity index (χ0) is 19.2. The number of benzene rings is 2. The number of furan rings is 1. The van der Waals surface area contributed by atoms with Crippen LogP contribution in [0.2, 0.25) is 0 Å². The van der Waals surface area contributed by atoms with Crippen LogP contribution in [-0.4, -0.2) is 26.0 Å². The summed E-state index contributed by atoms with van der Waals surface area (Å²) in [4.78, 5) is 24.6. The lowest BCUT2D eigenvalue weighted by Crippen LogP contribution is -2.14. The summed E-state index contributed by atoms with van der Waals surface area (Å²) >= 11 is 0. The molecule has 2 aromatic carbocycles. The summed E-state index contributed by atoms with van der Waals surface area (Å²) in [7, 11) is 3.02. The molecule has 27 heavy (non-hydrogen) atoms. The highest BCUT2D eigenvalue weighted by Gasteiger charge is 2.14. The summed E-state index contributed by atoms with van der Waals surface area (Å²) in [6, 6.07) is 14.9. The molecule has 3 rings (SSSR count). The van der Waals surface area contributed by atoms with Crippen molar-refractivity contribution < 1.29 is 23.5 Å². The van der Waals surface area contributed by atoms with E-state index in [2.05, 4.69) is 10.6 Å². The van der Waals surface area contributed by atoms with Crippen molar-refractivity contribution in [1.29, 1.82) is 0 Å². The first-order chi connectivity index (χ1) is 13.1. The van der Waals surface area contributed by atoms with Gasteiger partial charge >= 0.3 is 0 Å². The van der Waals surface area contributed by atoms with Gasteiger partial charge in [0, 0.05) is 17.4 Å². The number of carbonyl (C=O) groups is 2. The lowest BCUT2D eigenvalue weighted by molar-refractivity contribution is 0.0994. The molecular formula is C20H18N2O5. The van der Waals surface area contributed by atoms with E-state index in [0.29, 0.717) is 28.4 Å². The maximum absolute atomic E-state index is 12.6. The van der Waals surface area contributed by atoms with Crippen molar-refractivity contribution in [1.82, 2.24) is 0 Å². The van der Waals surface area contributed by atoms with Crippen LogP contribution >= 0.6 is 0 Å². The highest BCUT2D eigenvalue weighted by Crippen LogP contribution is 2.26. The molecule has 0 unspecified atom stereocenters. The highest BCUT2D eigenvalue weighted by atomic mass is 16.5. The molecule has 3 aromatic rings. The number of rotatable bonds is 6. The Morgan fingerprint density at radius 2 is 1.59 bits per heavy atom. The molecule has 7 heteroatoms. The van der Waals surface area contributed by atoms with Gasteiger partial charge in [-0.1, -0.05) is 6.07 Å². The Morgan fingerprint density at radius 3 is 2.22 bits per heavy atom. The molecule has 0 saturated heterocycles. The molecule has 0 fully saturated rings. The van der Waals surface area contributed by atoms with E-state index in [4.69, 9.17) is 13.9 Å². The Balaban J connectivity index is 1.74. The van der Waals surface area contributed by atoms with Gasteiger partial charge in [0.1, 0.15) is 11.5 Å². The molecule has 0 aliphatic carbocycles. The first-order valence-electron chi connectivity index (χ1n) is 8.09. The minimum absolute atomic E-state index is 0.201. The van der Waals surface area contributed by atoms with Crippen LogP contribution < -0.4 is 20.1 Å². The second kappa shape index (κ2) is 8.09. The van der Waals surface area contributed by atoms with E-state index in [9.17, 15) is 9.59 Å². The largest absolute Gasteiger partial charge is 0.497 e. The van der Waals surface area contributed by atoms with Crippen LogP contribution in [-0.2, 0) is 0 Å². The van der Waals surface area contributed by atoms with Crippen molar-refractivity contribution in [3.05, 3.63) is 72.2 Å². The molecule has 138 valence electrons. The monoisotopic (exact) mass is 366 g/mol. The van der Waals surface area contributed by atoms with Gasteiger partial charge in [-0.2, -0.15) is 0 Å². The third kappa shape index (κ3) is 4.27. The zero-order valence-corrected chi connectivity index (χ0v) is 14.8. The standard InChI is InChI=1S/C20H18N2O5/c1-25-15-8-9-16(18(12-15)26-2)19(23)21-13-5-3-6-14(11-13)22-20(24)17-7-4-10-27-17/h3-12H,1-2H3,(H,21,23)(H,22,24). The van der Waals surface area contributed by atoms with Crippen molar-refractivity contribution in [2.75, 3.05) is 24.9 Å². The molecule has 0 bridgehead atoms. The predicted molar refractivity (Wildman–Crippen MR) is 101 cm³/mol. The van der Waals surface area contributed by atoms with Gasteiger partial charge in [-0.05, 0) is 42.5 Å². The third-order valence-electron chi connectivity index (χ3n) is 3.78. The average molecular weight is 366 g/mol. The van der Waals surface area contributed by atoms with Gasteiger partial charge in [0.15, 0.2) is 5.76 Å². The smallest absolute Gasteiger partial charge is 0.291 e. The Morgan fingerprint density at radius 1 is 0.852 bits per heavy atom. The lowest BCUT2D eigenvalue weighted by Gasteiger charge is -2.11. The Labute approximate surface area is 155 Å². The van der Waals surface area contributed by atoms with Gasteiger partial charge in [-0.25, -0.2) is 0 Å². The summed E-state index contributed by atoms with van der Waals surface area (Å²) < 4.78 is 15.4. The molecule has 0 spiro atoms. The molecule has 0 atom stereocenters. The molecule has 1 aromatic heterocycles. The fraction of sp³-hybridized carbons (Fsp3) is 0.100. The van der Waals surface area contributed by atoms with Gasteiger partial charge in [-0.3, -0.25) is 9.59 Å². The highest BCUT2D eigenvalue weighted by molar-refractivity contribution is 6.07. The predicted octanol–water partition coefficient (Wildman–Crippen LogP) is 3.80. The van der Waals surface area contributed by atoms with Crippen molar-refractivity contribution in [3.8, 4) is 11.5 Å². The number of hydrogen-bond donors (Lipinski definition) is 2. The second-order valence-electron chi connectivity index (χ2n) is 5.53. The van der Waals surface area contributed by atoms with E-state index >= 15 is 0 Å². The number of hydrogen-bond acceptors (Lipinski definition) is 5. The van der Waals surface area contributed by atoms with Gasteiger partial charge < -0.3 is 24.5 Å². The lowest BCUT2D eigenvalue weighted by atomic mass is 10.1. The number of nitrogens with one attached hydrogen (secondary N) is 2. The summed E-state index contributed by atoms with van der Waals surface area (Å²) in [5, 5.41) is 5.49. The van der Waals surface area contributed by atoms with Crippen LogP contribution in [0.4, 0.5) is 11.4 Å². The van der Waals surface area contributed by atoms with Gasteiger partial charge in [0.25, 0.3) is 11.8 Å².